The molecular weight excluding hydrogens is 224 g/mol. The number of rotatable bonds is 8. The highest BCUT2D eigenvalue weighted by atomic mass is 16.4. The van der Waals surface area contributed by atoms with Gasteiger partial charge in [-0.3, -0.25) is 14.9 Å². The molecule has 6 heteroatoms. The van der Waals surface area contributed by atoms with Gasteiger partial charge in [-0.05, 0) is 19.3 Å². The SMILES string of the molecule is CC(C)C[C@H](NCC=O)C(=O)N[C@@H](C)C(=O)O. The average Bonchev–Trinajstić information content (AvgIpc) is 2.23. The van der Waals surface area contributed by atoms with Crippen LogP contribution in [0.15, 0.2) is 0 Å². The molecule has 3 N–H and O–H groups in total. The lowest BCUT2D eigenvalue weighted by atomic mass is 10.0. The molecule has 0 aliphatic carbocycles. The first-order valence-electron chi connectivity index (χ1n) is 5.58. The van der Waals surface area contributed by atoms with Crippen LogP contribution in [-0.4, -0.2) is 41.9 Å². The zero-order valence-corrected chi connectivity index (χ0v) is 10.4. The van der Waals surface area contributed by atoms with Crippen LogP contribution < -0.4 is 10.6 Å². The van der Waals surface area contributed by atoms with E-state index >= 15 is 0 Å². The van der Waals surface area contributed by atoms with E-state index in [0.717, 1.165) is 0 Å². The Morgan fingerprint density at radius 1 is 1.29 bits per heavy atom. The summed E-state index contributed by atoms with van der Waals surface area (Å²) in [5, 5.41) is 13.8. The average molecular weight is 244 g/mol. The van der Waals surface area contributed by atoms with Gasteiger partial charge in [0.05, 0.1) is 12.6 Å². The molecule has 0 heterocycles. The zero-order valence-electron chi connectivity index (χ0n) is 10.4. The fraction of sp³-hybridized carbons (Fsp3) is 0.727. The van der Waals surface area contributed by atoms with Crippen molar-refractivity contribution in [3.8, 4) is 0 Å². The third kappa shape index (κ3) is 6.68. The monoisotopic (exact) mass is 244 g/mol. The first-order valence-corrected chi connectivity index (χ1v) is 5.58. The van der Waals surface area contributed by atoms with Crippen molar-refractivity contribution in [2.24, 2.45) is 5.92 Å². The smallest absolute Gasteiger partial charge is 0.325 e. The Balaban J connectivity index is 4.40. The Labute approximate surface area is 101 Å². The zero-order chi connectivity index (χ0) is 13.4. The number of aliphatic carboxylic acids is 1. The summed E-state index contributed by atoms with van der Waals surface area (Å²) in [4.78, 5) is 32.6. The molecular formula is C11H20N2O4. The van der Waals surface area contributed by atoms with Crippen LogP contribution in [0.5, 0.6) is 0 Å². The van der Waals surface area contributed by atoms with Gasteiger partial charge >= 0.3 is 5.97 Å². The number of carbonyl (C=O) groups excluding carboxylic acids is 2. The Morgan fingerprint density at radius 3 is 2.29 bits per heavy atom. The van der Waals surface area contributed by atoms with E-state index in [2.05, 4.69) is 10.6 Å². The third-order valence-electron chi connectivity index (χ3n) is 2.20. The minimum absolute atomic E-state index is 0.0757. The van der Waals surface area contributed by atoms with Gasteiger partial charge in [0.25, 0.3) is 0 Å². The van der Waals surface area contributed by atoms with E-state index in [4.69, 9.17) is 5.11 Å². The topological polar surface area (TPSA) is 95.5 Å². The van der Waals surface area contributed by atoms with Gasteiger partial charge in [0.2, 0.25) is 5.91 Å². The Morgan fingerprint density at radius 2 is 1.88 bits per heavy atom. The summed E-state index contributed by atoms with van der Waals surface area (Å²) in [5.41, 5.74) is 0. The normalized spacial score (nSPS) is 14.1. The van der Waals surface area contributed by atoms with Gasteiger partial charge in [0, 0.05) is 0 Å². The lowest BCUT2D eigenvalue weighted by Gasteiger charge is -2.20. The molecule has 0 radical (unpaired) electrons. The van der Waals surface area contributed by atoms with Crippen LogP contribution in [-0.2, 0) is 14.4 Å². The maximum atomic E-state index is 11.7. The van der Waals surface area contributed by atoms with Crippen molar-refractivity contribution in [1.82, 2.24) is 10.6 Å². The molecule has 2 atom stereocenters. The Bertz CT molecular complexity index is 279. The van der Waals surface area contributed by atoms with Crippen molar-refractivity contribution in [3.05, 3.63) is 0 Å². The van der Waals surface area contributed by atoms with Crippen molar-refractivity contribution in [1.29, 1.82) is 0 Å². The molecule has 6 nitrogen and oxygen atoms in total. The number of hydrogen-bond donors (Lipinski definition) is 3. The molecule has 0 saturated heterocycles. The number of carboxylic acids is 1. The fourth-order valence-electron chi connectivity index (χ4n) is 1.32. The molecule has 0 aromatic rings. The highest BCUT2D eigenvalue weighted by molar-refractivity contribution is 5.86. The number of amides is 1. The van der Waals surface area contributed by atoms with E-state index in [1.165, 1.54) is 6.92 Å². The molecule has 98 valence electrons. The highest BCUT2D eigenvalue weighted by Gasteiger charge is 2.22. The number of carbonyl (C=O) groups is 3. The van der Waals surface area contributed by atoms with E-state index in [1.54, 1.807) is 0 Å². The van der Waals surface area contributed by atoms with Crippen LogP contribution in [0.1, 0.15) is 27.2 Å². The molecule has 0 aromatic heterocycles. The van der Waals surface area contributed by atoms with Crippen LogP contribution in [0.2, 0.25) is 0 Å². The highest BCUT2D eigenvalue weighted by Crippen LogP contribution is 2.05. The molecule has 0 spiro atoms. The molecule has 0 bridgehead atoms. The minimum Gasteiger partial charge on any atom is -0.480 e. The summed E-state index contributed by atoms with van der Waals surface area (Å²) in [6, 6.07) is -1.47. The molecule has 0 rings (SSSR count). The van der Waals surface area contributed by atoms with Gasteiger partial charge < -0.3 is 15.2 Å². The van der Waals surface area contributed by atoms with E-state index in [0.29, 0.717) is 12.7 Å². The molecule has 1 amide bonds. The summed E-state index contributed by atoms with van der Waals surface area (Å²) < 4.78 is 0. The number of carboxylic acid groups (broad SMARTS) is 1. The number of hydrogen-bond acceptors (Lipinski definition) is 4. The summed E-state index contributed by atoms with van der Waals surface area (Å²) in [5.74, 6) is -1.21. The second-order valence-electron chi connectivity index (χ2n) is 4.33. The molecule has 0 saturated carbocycles. The lowest BCUT2D eigenvalue weighted by Crippen LogP contribution is -2.50. The van der Waals surface area contributed by atoms with Crippen molar-refractivity contribution < 1.29 is 19.5 Å². The van der Waals surface area contributed by atoms with E-state index in [1.807, 2.05) is 13.8 Å². The van der Waals surface area contributed by atoms with E-state index in [9.17, 15) is 14.4 Å². The lowest BCUT2D eigenvalue weighted by molar-refractivity contribution is -0.141. The van der Waals surface area contributed by atoms with Crippen LogP contribution in [0.3, 0.4) is 0 Å². The van der Waals surface area contributed by atoms with Crippen LogP contribution in [0.25, 0.3) is 0 Å². The summed E-state index contributed by atoms with van der Waals surface area (Å²) >= 11 is 0. The van der Waals surface area contributed by atoms with Crippen LogP contribution >= 0.6 is 0 Å². The van der Waals surface area contributed by atoms with Crippen molar-refractivity contribution in [2.45, 2.75) is 39.3 Å². The van der Waals surface area contributed by atoms with Gasteiger partial charge in [-0.2, -0.15) is 0 Å². The quantitative estimate of drug-likeness (QED) is 0.513. The predicted octanol–water partition coefficient (Wildman–Crippen LogP) is -0.221. The molecule has 0 unspecified atom stereocenters. The van der Waals surface area contributed by atoms with E-state index in [-0.39, 0.29) is 12.5 Å². The van der Waals surface area contributed by atoms with Crippen LogP contribution in [0, 0.1) is 5.92 Å². The maximum absolute atomic E-state index is 11.7. The van der Waals surface area contributed by atoms with Gasteiger partial charge in [0.15, 0.2) is 0 Å². The Hall–Kier alpha value is -1.43. The first-order chi connectivity index (χ1) is 7.88. The molecule has 0 aromatic carbocycles. The molecule has 0 aliphatic rings. The second kappa shape index (κ2) is 7.78. The van der Waals surface area contributed by atoms with Crippen molar-refractivity contribution >= 4 is 18.2 Å². The van der Waals surface area contributed by atoms with E-state index < -0.39 is 24.0 Å². The van der Waals surface area contributed by atoms with Gasteiger partial charge in [0.1, 0.15) is 12.3 Å². The number of nitrogens with one attached hydrogen (secondary N) is 2. The molecule has 17 heavy (non-hydrogen) atoms. The number of aldehydes is 1. The fourth-order valence-corrected chi connectivity index (χ4v) is 1.32. The maximum Gasteiger partial charge on any atom is 0.325 e. The van der Waals surface area contributed by atoms with Crippen LogP contribution in [0.4, 0.5) is 0 Å². The molecule has 0 fully saturated rings. The van der Waals surface area contributed by atoms with Crippen molar-refractivity contribution in [2.75, 3.05) is 6.54 Å². The van der Waals surface area contributed by atoms with Crippen molar-refractivity contribution in [3.63, 3.8) is 0 Å². The minimum atomic E-state index is -1.09. The van der Waals surface area contributed by atoms with Gasteiger partial charge in [-0.1, -0.05) is 13.8 Å². The summed E-state index contributed by atoms with van der Waals surface area (Å²) in [7, 11) is 0. The third-order valence-corrected chi connectivity index (χ3v) is 2.20. The molecule has 0 aliphatic heterocycles. The van der Waals surface area contributed by atoms with Gasteiger partial charge in [-0.15, -0.1) is 0 Å². The second-order valence-corrected chi connectivity index (χ2v) is 4.33. The van der Waals surface area contributed by atoms with Gasteiger partial charge in [-0.25, -0.2) is 0 Å². The first kappa shape index (κ1) is 15.6. The summed E-state index contributed by atoms with van der Waals surface area (Å²) in [6.45, 7) is 5.37. The predicted molar refractivity (Wildman–Crippen MR) is 62.6 cm³/mol. The standard InChI is InChI=1S/C11H20N2O4/c1-7(2)6-9(12-4-5-14)10(15)13-8(3)11(16)17/h5,7-9,12H,4,6H2,1-3H3,(H,13,15)(H,16,17)/t8-,9-/m0/s1. The Kier molecular flexibility index (Phi) is 7.13. The summed E-state index contributed by atoms with van der Waals surface area (Å²) in [6.07, 6.45) is 1.22. The largest absolute Gasteiger partial charge is 0.480 e.